The van der Waals surface area contributed by atoms with Gasteiger partial charge < -0.3 is 11.1 Å². The first-order chi connectivity index (χ1) is 13.0. The summed E-state index contributed by atoms with van der Waals surface area (Å²) < 4.78 is 0. The standard InChI is InChI=1S/C22H28N4O/c1-15(2)12-19-22(26-21(27)13-16-6-4-3-5-7-16)24-14-20(25-19)17-8-10-18(23)11-9-17/h8-12,14,16H,3-7,13,23H2,1-2H3,(H,24,26,27). The number of hydrogen-bond acceptors (Lipinski definition) is 4. The van der Waals surface area contributed by atoms with Gasteiger partial charge in [0.15, 0.2) is 5.82 Å². The van der Waals surface area contributed by atoms with E-state index in [0.29, 0.717) is 29.5 Å². The van der Waals surface area contributed by atoms with E-state index in [4.69, 9.17) is 10.7 Å². The summed E-state index contributed by atoms with van der Waals surface area (Å²) in [7, 11) is 0. The van der Waals surface area contributed by atoms with Crippen molar-refractivity contribution in [2.24, 2.45) is 5.92 Å². The molecule has 0 saturated heterocycles. The minimum atomic E-state index is 0.0276. The third kappa shape index (κ3) is 5.39. The van der Waals surface area contributed by atoms with Crippen LogP contribution in [0.5, 0.6) is 0 Å². The number of nitrogens with one attached hydrogen (secondary N) is 1. The second kappa shape index (κ2) is 8.80. The molecule has 1 saturated carbocycles. The smallest absolute Gasteiger partial charge is 0.225 e. The molecule has 1 aliphatic carbocycles. The lowest BCUT2D eigenvalue weighted by atomic mass is 9.87. The van der Waals surface area contributed by atoms with E-state index in [9.17, 15) is 4.79 Å². The fourth-order valence-electron chi connectivity index (χ4n) is 3.50. The maximum absolute atomic E-state index is 12.5. The van der Waals surface area contributed by atoms with Crippen molar-refractivity contribution in [3.63, 3.8) is 0 Å². The van der Waals surface area contributed by atoms with Crippen molar-refractivity contribution in [3.05, 3.63) is 41.7 Å². The van der Waals surface area contributed by atoms with Crippen molar-refractivity contribution < 1.29 is 4.79 Å². The summed E-state index contributed by atoms with van der Waals surface area (Å²) in [4.78, 5) is 21.7. The summed E-state index contributed by atoms with van der Waals surface area (Å²) >= 11 is 0. The minimum Gasteiger partial charge on any atom is -0.399 e. The van der Waals surface area contributed by atoms with Crippen molar-refractivity contribution in [1.82, 2.24) is 9.97 Å². The third-order valence-corrected chi connectivity index (χ3v) is 4.89. The summed E-state index contributed by atoms with van der Waals surface area (Å²) in [5, 5.41) is 2.97. The van der Waals surface area contributed by atoms with E-state index in [-0.39, 0.29) is 5.91 Å². The molecular formula is C22H28N4O. The SMILES string of the molecule is CC(C)=Cc1nc(-c2ccc(N)cc2)cnc1NC(=O)CC1CCCCC1. The topological polar surface area (TPSA) is 80.9 Å². The van der Waals surface area contributed by atoms with Crippen LogP contribution in [0.25, 0.3) is 17.3 Å². The van der Waals surface area contributed by atoms with Crippen LogP contribution in [-0.4, -0.2) is 15.9 Å². The van der Waals surface area contributed by atoms with Gasteiger partial charge in [-0.25, -0.2) is 9.97 Å². The Hall–Kier alpha value is -2.69. The van der Waals surface area contributed by atoms with Crippen LogP contribution in [0.15, 0.2) is 36.0 Å². The zero-order chi connectivity index (χ0) is 19.2. The van der Waals surface area contributed by atoms with Gasteiger partial charge in [0.1, 0.15) is 5.69 Å². The van der Waals surface area contributed by atoms with Gasteiger partial charge >= 0.3 is 0 Å². The number of nitrogens with zero attached hydrogens (tertiary/aromatic N) is 2. The zero-order valence-electron chi connectivity index (χ0n) is 16.2. The molecule has 0 radical (unpaired) electrons. The van der Waals surface area contributed by atoms with E-state index in [0.717, 1.165) is 29.7 Å². The van der Waals surface area contributed by atoms with E-state index in [1.807, 2.05) is 44.2 Å². The summed E-state index contributed by atoms with van der Waals surface area (Å²) in [5.74, 6) is 1.05. The number of benzene rings is 1. The molecule has 1 aromatic carbocycles. The Bertz CT molecular complexity index is 817. The minimum absolute atomic E-state index is 0.0276. The molecule has 0 bridgehead atoms. The van der Waals surface area contributed by atoms with Crippen LogP contribution < -0.4 is 11.1 Å². The Morgan fingerprint density at radius 3 is 2.56 bits per heavy atom. The first-order valence-corrected chi connectivity index (χ1v) is 9.69. The molecule has 142 valence electrons. The highest BCUT2D eigenvalue weighted by atomic mass is 16.1. The van der Waals surface area contributed by atoms with E-state index in [1.165, 1.54) is 19.3 Å². The Balaban J connectivity index is 1.80. The Morgan fingerprint density at radius 2 is 1.89 bits per heavy atom. The van der Waals surface area contributed by atoms with Gasteiger partial charge in [0.25, 0.3) is 0 Å². The fraction of sp³-hybridized carbons (Fsp3) is 0.409. The lowest BCUT2D eigenvalue weighted by Gasteiger charge is -2.20. The largest absolute Gasteiger partial charge is 0.399 e. The molecule has 0 aliphatic heterocycles. The van der Waals surface area contributed by atoms with Gasteiger partial charge in [-0.15, -0.1) is 0 Å². The number of nitrogen functional groups attached to an aromatic ring is 1. The van der Waals surface area contributed by atoms with E-state index < -0.39 is 0 Å². The number of amides is 1. The van der Waals surface area contributed by atoms with Gasteiger partial charge in [0.2, 0.25) is 5.91 Å². The Kier molecular flexibility index (Phi) is 6.22. The molecule has 1 aliphatic rings. The molecular weight excluding hydrogens is 336 g/mol. The molecule has 3 N–H and O–H groups in total. The van der Waals surface area contributed by atoms with Gasteiger partial charge in [0, 0.05) is 17.7 Å². The van der Waals surface area contributed by atoms with E-state index >= 15 is 0 Å². The molecule has 0 atom stereocenters. The summed E-state index contributed by atoms with van der Waals surface area (Å²) in [6.45, 7) is 4.01. The normalized spacial score (nSPS) is 14.6. The maximum atomic E-state index is 12.5. The van der Waals surface area contributed by atoms with Crippen LogP contribution in [-0.2, 0) is 4.79 Å². The van der Waals surface area contributed by atoms with Crippen molar-refractivity contribution in [1.29, 1.82) is 0 Å². The highest BCUT2D eigenvalue weighted by Gasteiger charge is 2.18. The van der Waals surface area contributed by atoms with Crippen molar-refractivity contribution in [2.75, 3.05) is 11.1 Å². The number of hydrogen-bond donors (Lipinski definition) is 2. The van der Waals surface area contributed by atoms with Crippen LogP contribution in [0.1, 0.15) is 58.1 Å². The lowest BCUT2D eigenvalue weighted by molar-refractivity contribution is -0.117. The third-order valence-electron chi connectivity index (χ3n) is 4.89. The predicted octanol–water partition coefficient (Wildman–Crippen LogP) is 5.06. The second-order valence-electron chi connectivity index (χ2n) is 7.59. The molecule has 1 heterocycles. The molecule has 5 heteroatoms. The maximum Gasteiger partial charge on any atom is 0.225 e. The van der Waals surface area contributed by atoms with Crippen molar-refractivity contribution in [3.8, 4) is 11.3 Å². The average Bonchev–Trinajstić information content (AvgIpc) is 2.64. The number of carbonyl (C=O) groups is 1. The molecule has 1 fully saturated rings. The summed E-state index contributed by atoms with van der Waals surface area (Å²) in [6.07, 6.45) is 10.3. The number of carbonyl (C=O) groups excluding carboxylic acids is 1. The molecule has 5 nitrogen and oxygen atoms in total. The van der Waals surface area contributed by atoms with E-state index in [2.05, 4.69) is 10.3 Å². The quantitative estimate of drug-likeness (QED) is 0.727. The monoisotopic (exact) mass is 364 g/mol. The fourth-order valence-corrected chi connectivity index (χ4v) is 3.50. The summed E-state index contributed by atoms with van der Waals surface area (Å²) in [6, 6.07) is 7.54. The first-order valence-electron chi connectivity index (χ1n) is 9.69. The second-order valence-corrected chi connectivity index (χ2v) is 7.59. The lowest BCUT2D eigenvalue weighted by Crippen LogP contribution is -2.19. The first kappa shape index (κ1) is 19.1. The van der Waals surface area contributed by atoms with Crippen LogP contribution >= 0.6 is 0 Å². The molecule has 3 rings (SSSR count). The Morgan fingerprint density at radius 1 is 1.19 bits per heavy atom. The van der Waals surface area contributed by atoms with Gasteiger partial charge in [-0.05, 0) is 50.8 Å². The van der Waals surface area contributed by atoms with Gasteiger partial charge in [-0.1, -0.05) is 37.0 Å². The number of aromatic nitrogens is 2. The van der Waals surface area contributed by atoms with Crippen LogP contribution in [0.4, 0.5) is 11.5 Å². The van der Waals surface area contributed by atoms with E-state index in [1.54, 1.807) is 6.20 Å². The Labute approximate surface area is 161 Å². The van der Waals surface area contributed by atoms with Crippen LogP contribution in [0.2, 0.25) is 0 Å². The molecule has 0 spiro atoms. The average molecular weight is 364 g/mol. The number of allylic oxidation sites excluding steroid dienone is 1. The van der Waals surface area contributed by atoms with Crippen LogP contribution in [0.3, 0.4) is 0 Å². The van der Waals surface area contributed by atoms with Crippen molar-refractivity contribution >= 4 is 23.5 Å². The highest BCUT2D eigenvalue weighted by molar-refractivity contribution is 5.91. The summed E-state index contributed by atoms with van der Waals surface area (Å²) in [5.41, 5.74) is 9.96. The number of rotatable bonds is 5. The molecule has 1 aromatic heterocycles. The molecule has 27 heavy (non-hydrogen) atoms. The number of anilines is 2. The van der Waals surface area contributed by atoms with Crippen LogP contribution in [0, 0.1) is 5.92 Å². The molecule has 1 amide bonds. The zero-order valence-corrected chi connectivity index (χ0v) is 16.2. The van der Waals surface area contributed by atoms with Crippen molar-refractivity contribution in [2.45, 2.75) is 52.4 Å². The molecule has 2 aromatic rings. The van der Waals surface area contributed by atoms with Gasteiger partial charge in [-0.2, -0.15) is 0 Å². The predicted molar refractivity (Wildman–Crippen MR) is 111 cm³/mol. The number of nitrogens with two attached hydrogens (primary N) is 1. The van der Waals surface area contributed by atoms with Gasteiger partial charge in [-0.3, -0.25) is 4.79 Å². The van der Waals surface area contributed by atoms with Gasteiger partial charge in [0.05, 0.1) is 11.9 Å². The molecule has 0 unspecified atom stereocenters. The highest BCUT2D eigenvalue weighted by Crippen LogP contribution is 2.27.